The Labute approximate surface area is 216 Å². The first-order chi connectivity index (χ1) is 16.8. The fourth-order valence-corrected chi connectivity index (χ4v) is 6.43. The van der Waals surface area contributed by atoms with Gasteiger partial charge in [0.1, 0.15) is 5.01 Å². The van der Waals surface area contributed by atoms with Crippen LogP contribution in [0.5, 0.6) is 0 Å². The molecule has 0 radical (unpaired) electrons. The maximum Gasteiger partial charge on any atom is 0.303 e. The van der Waals surface area contributed by atoms with Gasteiger partial charge in [0.15, 0.2) is 0 Å². The van der Waals surface area contributed by atoms with Crippen LogP contribution in [0.25, 0.3) is 23.3 Å². The lowest BCUT2D eigenvalue weighted by molar-refractivity contribution is -0.138. The van der Waals surface area contributed by atoms with Crippen LogP contribution < -0.4 is 0 Å². The fourth-order valence-electron chi connectivity index (χ4n) is 4.59. The van der Waals surface area contributed by atoms with Crippen LogP contribution in [0.3, 0.4) is 0 Å². The van der Waals surface area contributed by atoms with E-state index in [1.165, 1.54) is 5.56 Å². The highest BCUT2D eigenvalue weighted by atomic mass is 32.2. The number of thioether (sulfide) groups is 1. The smallest absolute Gasteiger partial charge is 0.303 e. The Morgan fingerprint density at radius 3 is 2.69 bits per heavy atom. The van der Waals surface area contributed by atoms with Crippen LogP contribution in [-0.2, 0) is 16.8 Å². The van der Waals surface area contributed by atoms with Crippen LogP contribution in [0.15, 0.2) is 54.0 Å². The molecule has 0 unspecified atom stereocenters. The number of hydrogen-bond donors (Lipinski definition) is 2. The number of thiazole rings is 1. The summed E-state index contributed by atoms with van der Waals surface area (Å²) in [4.78, 5) is 15.4. The van der Waals surface area contributed by atoms with Gasteiger partial charge in [-0.15, -0.1) is 11.3 Å². The largest absolute Gasteiger partial charge is 0.481 e. The fraction of sp³-hybridized carbons (Fsp3) is 0.379. The molecule has 0 atom stereocenters. The van der Waals surface area contributed by atoms with Gasteiger partial charge in [0.2, 0.25) is 0 Å². The van der Waals surface area contributed by atoms with Gasteiger partial charge in [0, 0.05) is 11.6 Å². The van der Waals surface area contributed by atoms with E-state index < -0.39 is 11.6 Å². The van der Waals surface area contributed by atoms with Gasteiger partial charge in [0.25, 0.3) is 0 Å². The first-order valence-corrected chi connectivity index (χ1v) is 14.1. The molecule has 2 N–H and O–H groups in total. The molecule has 0 bridgehead atoms. The third-order valence-electron chi connectivity index (χ3n) is 6.46. The Kier molecular flexibility index (Phi) is 8.15. The monoisotopic (exact) mass is 507 g/mol. The predicted molar refractivity (Wildman–Crippen MR) is 148 cm³/mol. The number of rotatable bonds is 12. The highest BCUT2D eigenvalue weighted by Gasteiger charge is 2.43. The molecule has 1 fully saturated rings. The van der Waals surface area contributed by atoms with Crippen LogP contribution >= 0.6 is 23.1 Å². The van der Waals surface area contributed by atoms with E-state index in [-0.39, 0.29) is 5.41 Å². The van der Waals surface area contributed by atoms with E-state index in [1.54, 1.807) is 17.5 Å². The van der Waals surface area contributed by atoms with Crippen molar-refractivity contribution >= 4 is 41.2 Å². The van der Waals surface area contributed by atoms with Gasteiger partial charge in [-0.2, -0.15) is 11.8 Å². The van der Waals surface area contributed by atoms with Crippen molar-refractivity contribution in [2.45, 2.75) is 51.6 Å². The SMILES string of the molecule is CC(C)(O)c1c(CCCSCC2(CC(=O)O)CC2)cccc1-c1cccc(C=Cc2nccs2)c1. The average Bonchev–Trinajstić information content (AvgIpc) is 3.35. The molecule has 1 saturated carbocycles. The first kappa shape index (κ1) is 25.7. The molecule has 6 heteroatoms. The third-order valence-corrected chi connectivity index (χ3v) is 8.59. The second kappa shape index (κ2) is 11.1. The van der Waals surface area contributed by atoms with E-state index in [9.17, 15) is 9.90 Å². The van der Waals surface area contributed by atoms with Crippen molar-refractivity contribution in [2.75, 3.05) is 11.5 Å². The van der Waals surface area contributed by atoms with Crippen molar-refractivity contribution in [3.63, 3.8) is 0 Å². The van der Waals surface area contributed by atoms with Gasteiger partial charge in [-0.05, 0) is 96.4 Å². The number of benzene rings is 2. The van der Waals surface area contributed by atoms with Gasteiger partial charge < -0.3 is 10.2 Å². The summed E-state index contributed by atoms with van der Waals surface area (Å²) in [5, 5.41) is 23.2. The maximum absolute atomic E-state index is 11.1. The number of aliphatic hydroxyl groups is 1. The minimum Gasteiger partial charge on any atom is -0.481 e. The average molecular weight is 508 g/mol. The molecule has 184 valence electrons. The van der Waals surface area contributed by atoms with E-state index in [1.807, 2.05) is 37.1 Å². The summed E-state index contributed by atoms with van der Waals surface area (Å²) in [6.07, 6.45) is 10.2. The molecule has 0 saturated heterocycles. The Balaban J connectivity index is 1.47. The molecule has 35 heavy (non-hydrogen) atoms. The highest BCUT2D eigenvalue weighted by molar-refractivity contribution is 7.99. The molecule has 0 spiro atoms. The Morgan fingerprint density at radius 2 is 2.00 bits per heavy atom. The third kappa shape index (κ3) is 7.06. The molecule has 1 aliphatic rings. The minimum atomic E-state index is -0.967. The number of nitrogens with zero attached hydrogens (tertiary/aromatic N) is 1. The summed E-state index contributed by atoms with van der Waals surface area (Å²) in [7, 11) is 0. The van der Waals surface area contributed by atoms with Crippen molar-refractivity contribution in [3.05, 3.63) is 75.7 Å². The quantitative estimate of drug-likeness (QED) is 0.255. The van der Waals surface area contributed by atoms with Gasteiger partial charge in [0.05, 0.1) is 12.0 Å². The molecular weight excluding hydrogens is 474 g/mol. The van der Waals surface area contributed by atoms with Crippen molar-refractivity contribution in [3.8, 4) is 11.1 Å². The Hall–Kier alpha value is -2.41. The van der Waals surface area contributed by atoms with Crippen molar-refractivity contribution in [1.82, 2.24) is 4.98 Å². The number of hydrogen-bond acceptors (Lipinski definition) is 5. The summed E-state index contributed by atoms with van der Waals surface area (Å²) < 4.78 is 0. The number of aliphatic carboxylic acids is 1. The lowest BCUT2D eigenvalue weighted by Crippen LogP contribution is -2.19. The Bertz CT molecular complexity index is 1170. The van der Waals surface area contributed by atoms with Crippen LogP contribution in [0, 0.1) is 5.41 Å². The number of aromatic nitrogens is 1. The zero-order valence-corrected chi connectivity index (χ0v) is 22.0. The zero-order valence-electron chi connectivity index (χ0n) is 20.4. The summed E-state index contributed by atoms with van der Waals surface area (Å²) in [6.45, 7) is 3.72. The molecule has 1 heterocycles. The summed E-state index contributed by atoms with van der Waals surface area (Å²) in [5.74, 6) is 1.24. The second-order valence-corrected chi connectivity index (χ2v) is 12.0. The van der Waals surface area contributed by atoms with Crippen molar-refractivity contribution in [2.24, 2.45) is 5.41 Å². The molecular formula is C29H33NO3S2. The molecule has 4 rings (SSSR count). The number of carbonyl (C=O) groups is 1. The van der Waals surface area contributed by atoms with Crippen LogP contribution in [0.1, 0.15) is 61.2 Å². The number of carboxylic acids is 1. The van der Waals surface area contributed by atoms with Gasteiger partial charge >= 0.3 is 5.97 Å². The molecule has 0 aliphatic heterocycles. The second-order valence-electron chi connectivity index (χ2n) is 9.95. The lowest BCUT2D eigenvalue weighted by Gasteiger charge is -2.26. The number of aryl methyl sites for hydroxylation is 1. The molecule has 0 amide bonds. The van der Waals surface area contributed by atoms with Crippen LogP contribution in [0.4, 0.5) is 0 Å². The van der Waals surface area contributed by atoms with Gasteiger partial charge in [-0.25, -0.2) is 4.98 Å². The van der Waals surface area contributed by atoms with Crippen molar-refractivity contribution < 1.29 is 15.0 Å². The number of carboxylic acid groups (broad SMARTS) is 1. The van der Waals surface area contributed by atoms with E-state index in [4.69, 9.17) is 5.11 Å². The zero-order chi connectivity index (χ0) is 24.9. The van der Waals surface area contributed by atoms with Crippen LogP contribution in [-0.4, -0.2) is 32.7 Å². The normalized spacial score (nSPS) is 14.9. The summed E-state index contributed by atoms with van der Waals surface area (Å²) in [5.41, 5.74) is 4.46. The standard InChI is InChI=1S/C29H33NO3S2/c1-28(2,33)27-22(9-5-16-34-20-29(13-14-29)19-26(31)32)7-4-10-24(27)23-8-3-6-21(18-23)11-12-25-30-15-17-35-25/h3-4,6-8,10-12,15,17-18,33H,5,9,13-14,16,19-20H2,1-2H3,(H,31,32). The molecule has 1 aromatic heterocycles. The van der Waals surface area contributed by atoms with E-state index >= 15 is 0 Å². The summed E-state index contributed by atoms with van der Waals surface area (Å²) in [6, 6.07) is 14.7. The molecule has 4 nitrogen and oxygen atoms in total. The van der Waals surface area contributed by atoms with Crippen LogP contribution in [0.2, 0.25) is 0 Å². The predicted octanol–water partition coefficient (Wildman–Crippen LogP) is 7.13. The highest BCUT2D eigenvalue weighted by Crippen LogP contribution is 2.51. The van der Waals surface area contributed by atoms with E-state index in [0.717, 1.165) is 64.5 Å². The maximum atomic E-state index is 11.1. The lowest BCUT2D eigenvalue weighted by atomic mass is 9.84. The molecule has 2 aromatic carbocycles. The summed E-state index contributed by atoms with van der Waals surface area (Å²) >= 11 is 3.48. The minimum absolute atomic E-state index is 0.0354. The topological polar surface area (TPSA) is 70.4 Å². The Morgan fingerprint density at radius 1 is 1.20 bits per heavy atom. The van der Waals surface area contributed by atoms with Gasteiger partial charge in [-0.1, -0.05) is 42.5 Å². The van der Waals surface area contributed by atoms with Gasteiger partial charge in [-0.3, -0.25) is 4.79 Å². The first-order valence-electron chi connectivity index (χ1n) is 12.1. The molecule has 1 aliphatic carbocycles. The molecule has 3 aromatic rings. The van der Waals surface area contributed by atoms with E-state index in [2.05, 4.69) is 53.5 Å². The van der Waals surface area contributed by atoms with E-state index in [0.29, 0.717) is 6.42 Å². The van der Waals surface area contributed by atoms with Crippen molar-refractivity contribution in [1.29, 1.82) is 0 Å².